The Balaban J connectivity index is 1.46. The van der Waals surface area contributed by atoms with Gasteiger partial charge in [0, 0.05) is 36.9 Å². The van der Waals surface area contributed by atoms with Crippen LogP contribution in [0.3, 0.4) is 0 Å². The van der Waals surface area contributed by atoms with E-state index in [9.17, 15) is 8.42 Å². The molecule has 0 atom stereocenters. The van der Waals surface area contributed by atoms with Gasteiger partial charge in [0.25, 0.3) is 10.0 Å². The smallest absolute Gasteiger partial charge is 0.280 e. The van der Waals surface area contributed by atoms with E-state index in [1.807, 2.05) is 18.2 Å². The molecule has 4 rings (SSSR count). The first-order valence-corrected chi connectivity index (χ1v) is 10.8. The normalized spacial score (nSPS) is 11.2. The summed E-state index contributed by atoms with van der Waals surface area (Å²) >= 11 is 0. The van der Waals surface area contributed by atoms with Crippen molar-refractivity contribution in [1.29, 1.82) is 0 Å². The molecule has 0 saturated heterocycles. The Labute approximate surface area is 179 Å². The summed E-state index contributed by atoms with van der Waals surface area (Å²) in [6.07, 6.45) is 4.56. The zero-order valence-electron chi connectivity index (χ0n) is 16.8. The number of anilines is 5. The topological polar surface area (TPSA) is 127 Å². The molecule has 4 aromatic rings. The van der Waals surface area contributed by atoms with E-state index in [1.165, 1.54) is 12.5 Å². The minimum absolute atomic E-state index is 0.0402. The predicted molar refractivity (Wildman–Crippen MR) is 118 cm³/mol. The zero-order valence-corrected chi connectivity index (χ0v) is 17.6. The highest BCUT2D eigenvalue weighted by Gasteiger charge is 2.17. The van der Waals surface area contributed by atoms with Crippen molar-refractivity contribution in [3.05, 3.63) is 73.1 Å². The maximum atomic E-state index is 12.4. The van der Waals surface area contributed by atoms with Gasteiger partial charge < -0.3 is 15.2 Å². The van der Waals surface area contributed by atoms with Crippen LogP contribution in [-0.4, -0.2) is 32.9 Å². The molecule has 3 N–H and O–H groups in total. The van der Waals surface area contributed by atoms with Crippen molar-refractivity contribution < 1.29 is 8.42 Å². The number of rotatable bonds is 7. The van der Waals surface area contributed by atoms with Crippen molar-refractivity contribution in [2.24, 2.45) is 7.05 Å². The van der Waals surface area contributed by atoms with Crippen molar-refractivity contribution in [3.63, 3.8) is 0 Å². The van der Waals surface area contributed by atoms with E-state index in [1.54, 1.807) is 55.1 Å². The van der Waals surface area contributed by atoms with Gasteiger partial charge in [0.05, 0.1) is 6.33 Å². The Morgan fingerprint density at radius 2 is 1.58 bits per heavy atom. The maximum absolute atomic E-state index is 12.4. The fourth-order valence-corrected chi connectivity index (χ4v) is 3.81. The molecule has 0 fully saturated rings. The van der Waals surface area contributed by atoms with E-state index < -0.39 is 10.0 Å². The lowest BCUT2D eigenvalue weighted by atomic mass is 10.3. The molecule has 3 heterocycles. The number of nitrogens with one attached hydrogen (secondary N) is 3. The molecule has 0 aliphatic carbocycles. The van der Waals surface area contributed by atoms with Crippen LogP contribution in [-0.2, 0) is 17.1 Å². The zero-order chi connectivity index (χ0) is 21.8. The number of aryl methyl sites for hydroxylation is 2. The fraction of sp³-hybridized carbons (Fsp3) is 0.100. The minimum atomic E-state index is -3.74. The maximum Gasteiger partial charge on any atom is 0.280 e. The number of aromatic nitrogens is 5. The van der Waals surface area contributed by atoms with Crippen LogP contribution >= 0.6 is 0 Å². The third kappa shape index (κ3) is 5.14. The summed E-state index contributed by atoms with van der Waals surface area (Å²) in [6, 6.07) is 14.1. The minimum Gasteiger partial charge on any atom is -0.340 e. The molecule has 1 aromatic carbocycles. The highest BCUT2D eigenvalue weighted by molar-refractivity contribution is 7.92. The van der Waals surface area contributed by atoms with E-state index in [4.69, 9.17) is 0 Å². The lowest BCUT2D eigenvalue weighted by Crippen LogP contribution is -2.13. The molecule has 0 bridgehead atoms. The number of pyridine rings is 1. The number of sulfonamides is 1. The van der Waals surface area contributed by atoms with Crippen LogP contribution in [0.1, 0.15) is 5.82 Å². The molecule has 158 valence electrons. The van der Waals surface area contributed by atoms with Gasteiger partial charge in [0.1, 0.15) is 23.3 Å². The Morgan fingerprint density at radius 3 is 2.23 bits per heavy atom. The first-order chi connectivity index (χ1) is 14.9. The lowest BCUT2D eigenvalue weighted by Gasteiger charge is -2.11. The molecule has 0 spiro atoms. The molecule has 0 aliphatic heterocycles. The molecule has 31 heavy (non-hydrogen) atoms. The summed E-state index contributed by atoms with van der Waals surface area (Å²) in [5, 5.41) is 6.29. The second-order valence-electron chi connectivity index (χ2n) is 6.71. The third-order valence-electron chi connectivity index (χ3n) is 4.13. The molecule has 0 aliphatic rings. The molecule has 0 amide bonds. The molecule has 0 saturated carbocycles. The summed E-state index contributed by atoms with van der Waals surface area (Å²) < 4.78 is 28.9. The average molecular weight is 437 g/mol. The van der Waals surface area contributed by atoms with E-state index in [2.05, 4.69) is 35.3 Å². The standard InChI is InChI=1S/C20H20N8O2S/c1-14-23-18(11-19(24-14)26-17-5-3-4-10-21-17)25-15-6-8-16(9-7-15)27-31(29,30)20-12-28(2)13-22-20/h3-13,27H,1-2H3,(H2,21,23,24,25,26). The van der Waals surface area contributed by atoms with E-state index >= 15 is 0 Å². The van der Waals surface area contributed by atoms with Crippen molar-refractivity contribution in [3.8, 4) is 0 Å². The van der Waals surface area contributed by atoms with Crippen LogP contribution in [0.15, 0.2) is 72.3 Å². The quantitative estimate of drug-likeness (QED) is 0.403. The second kappa shape index (κ2) is 8.40. The van der Waals surface area contributed by atoms with Crippen molar-refractivity contribution in [2.75, 3.05) is 15.4 Å². The van der Waals surface area contributed by atoms with Gasteiger partial charge in [-0.3, -0.25) is 4.72 Å². The van der Waals surface area contributed by atoms with Gasteiger partial charge in [0.2, 0.25) is 0 Å². The average Bonchev–Trinajstić information content (AvgIpc) is 3.17. The van der Waals surface area contributed by atoms with E-state index in [-0.39, 0.29) is 5.03 Å². The van der Waals surface area contributed by atoms with Gasteiger partial charge >= 0.3 is 0 Å². The lowest BCUT2D eigenvalue weighted by molar-refractivity contribution is 0.598. The largest absolute Gasteiger partial charge is 0.340 e. The number of hydrogen-bond donors (Lipinski definition) is 3. The molecular weight excluding hydrogens is 416 g/mol. The first kappa shape index (κ1) is 20.3. The van der Waals surface area contributed by atoms with Crippen molar-refractivity contribution in [2.45, 2.75) is 11.9 Å². The van der Waals surface area contributed by atoms with E-state index in [0.29, 0.717) is 29.0 Å². The Bertz CT molecular complexity index is 1290. The van der Waals surface area contributed by atoms with Crippen LogP contribution in [0.25, 0.3) is 0 Å². The highest BCUT2D eigenvalue weighted by Crippen LogP contribution is 2.22. The Hall–Kier alpha value is -3.99. The SMILES string of the molecule is Cc1nc(Nc2ccc(NS(=O)(=O)c3cn(C)cn3)cc2)cc(Nc2ccccn2)n1. The molecule has 10 nitrogen and oxygen atoms in total. The van der Waals surface area contributed by atoms with Gasteiger partial charge in [-0.25, -0.2) is 19.9 Å². The molecule has 3 aromatic heterocycles. The number of benzene rings is 1. The fourth-order valence-electron chi connectivity index (χ4n) is 2.77. The summed E-state index contributed by atoms with van der Waals surface area (Å²) in [5.41, 5.74) is 1.16. The van der Waals surface area contributed by atoms with Gasteiger partial charge in [-0.1, -0.05) is 6.07 Å². The number of imidazole rings is 1. The van der Waals surface area contributed by atoms with Crippen LogP contribution < -0.4 is 15.4 Å². The Kier molecular flexibility index (Phi) is 5.50. The van der Waals surface area contributed by atoms with Gasteiger partial charge in [0.15, 0.2) is 5.03 Å². The van der Waals surface area contributed by atoms with Gasteiger partial charge in [-0.2, -0.15) is 8.42 Å². The third-order valence-corrected chi connectivity index (χ3v) is 5.39. The van der Waals surface area contributed by atoms with Gasteiger partial charge in [-0.05, 0) is 43.3 Å². The molecule has 0 radical (unpaired) electrons. The molecule has 0 unspecified atom stereocenters. The van der Waals surface area contributed by atoms with Crippen LogP contribution in [0, 0.1) is 6.92 Å². The number of nitrogens with zero attached hydrogens (tertiary/aromatic N) is 5. The number of hydrogen-bond acceptors (Lipinski definition) is 8. The van der Waals surface area contributed by atoms with Crippen molar-refractivity contribution in [1.82, 2.24) is 24.5 Å². The monoisotopic (exact) mass is 436 g/mol. The van der Waals surface area contributed by atoms with Crippen LogP contribution in [0.4, 0.5) is 28.8 Å². The van der Waals surface area contributed by atoms with Crippen molar-refractivity contribution >= 4 is 38.9 Å². The van der Waals surface area contributed by atoms with Gasteiger partial charge in [-0.15, -0.1) is 0 Å². The molecule has 11 heteroatoms. The van der Waals surface area contributed by atoms with E-state index in [0.717, 1.165) is 5.69 Å². The summed E-state index contributed by atoms with van der Waals surface area (Å²) in [4.78, 5) is 16.9. The highest BCUT2D eigenvalue weighted by atomic mass is 32.2. The second-order valence-corrected chi connectivity index (χ2v) is 8.34. The summed E-state index contributed by atoms with van der Waals surface area (Å²) in [6.45, 7) is 1.80. The molecular formula is C20H20N8O2S. The first-order valence-electron chi connectivity index (χ1n) is 9.29. The predicted octanol–water partition coefficient (Wildman–Crippen LogP) is 3.20. The van der Waals surface area contributed by atoms with Crippen LogP contribution in [0.2, 0.25) is 0 Å². The Morgan fingerprint density at radius 1 is 0.871 bits per heavy atom. The summed E-state index contributed by atoms with van der Waals surface area (Å²) in [5.74, 6) is 2.46. The summed E-state index contributed by atoms with van der Waals surface area (Å²) in [7, 11) is -2.04. The van der Waals surface area contributed by atoms with Crippen LogP contribution in [0.5, 0.6) is 0 Å².